The summed E-state index contributed by atoms with van der Waals surface area (Å²) in [5, 5.41) is 3.05. The van der Waals surface area contributed by atoms with Crippen molar-refractivity contribution in [3.8, 4) is 0 Å². The van der Waals surface area contributed by atoms with Crippen molar-refractivity contribution in [2.45, 2.75) is 58.9 Å². The zero-order valence-electron chi connectivity index (χ0n) is 15.2. The first kappa shape index (κ1) is 17.0. The van der Waals surface area contributed by atoms with Gasteiger partial charge in [0, 0.05) is 0 Å². The van der Waals surface area contributed by atoms with Crippen LogP contribution in [0.5, 0.6) is 0 Å². The minimum Gasteiger partial charge on any atom is -0.0642 e. The zero-order valence-corrected chi connectivity index (χ0v) is 16.4. The van der Waals surface area contributed by atoms with Crippen LogP contribution in [0.3, 0.4) is 0 Å². The minimum absolute atomic E-state index is 0.234. The Hall–Kier alpha value is -1.34. The molecule has 22 heavy (non-hydrogen) atoms. The van der Waals surface area contributed by atoms with Gasteiger partial charge < -0.3 is 0 Å². The van der Waals surface area contributed by atoms with Gasteiger partial charge in [-0.15, -0.1) is 0 Å². The molecule has 0 aliphatic carbocycles. The van der Waals surface area contributed by atoms with Crippen LogP contribution in [0.2, 0.25) is 6.55 Å². The van der Waals surface area contributed by atoms with E-state index in [1.165, 1.54) is 21.5 Å². The van der Waals surface area contributed by atoms with Crippen LogP contribution in [0.4, 0.5) is 0 Å². The molecular weight excluding hydrogens is 280 g/mol. The van der Waals surface area contributed by atoms with E-state index >= 15 is 0 Å². The molecular formula is C21H30Si. The summed E-state index contributed by atoms with van der Waals surface area (Å²) < 4.78 is 0. The fourth-order valence-corrected chi connectivity index (χ4v) is 4.66. The number of hydrogen-bond donors (Lipinski definition) is 0. The lowest BCUT2D eigenvalue weighted by atomic mass is 9.87. The third kappa shape index (κ3) is 3.89. The van der Waals surface area contributed by atoms with E-state index in [0.29, 0.717) is 0 Å². The molecule has 0 aromatic heterocycles. The van der Waals surface area contributed by atoms with Gasteiger partial charge in [0.05, 0.1) is 8.80 Å². The van der Waals surface area contributed by atoms with E-state index in [0.717, 1.165) is 0 Å². The average molecular weight is 311 g/mol. The van der Waals surface area contributed by atoms with Crippen LogP contribution in [-0.2, 0) is 10.8 Å². The highest BCUT2D eigenvalue weighted by molar-refractivity contribution is 6.84. The summed E-state index contributed by atoms with van der Waals surface area (Å²) in [5.74, 6) is 0. The van der Waals surface area contributed by atoms with Crippen LogP contribution in [0.25, 0.3) is 0 Å². The maximum atomic E-state index is 2.43. The summed E-state index contributed by atoms with van der Waals surface area (Å²) in [6.45, 7) is 16.1. The van der Waals surface area contributed by atoms with Gasteiger partial charge in [0.25, 0.3) is 0 Å². The van der Waals surface area contributed by atoms with Gasteiger partial charge >= 0.3 is 0 Å². The van der Waals surface area contributed by atoms with Crippen molar-refractivity contribution < 1.29 is 0 Å². The lowest BCUT2D eigenvalue weighted by molar-refractivity contribution is 0.590. The Morgan fingerprint density at radius 3 is 1.05 bits per heavy atom. The van der Waals surface area contributed by atoms with Crippen LogP contribution < -0.4 is 10.4 Å². The Kier molecular flexibility index (Phi) is 4.67. The van der Waals surface area contributed by atoms with E-state index in [1.54, 1.807) is 0 Å². The fraction of sp³-hybridized carbons (Fsp3) is 0.429. The van der Waals surface area contributed by atoms with Crippen LogP contribution in [-0.4, -0.2) is 8.80 Å². The monoisotopic (exact) mass is 310 g/mol. The molecule has 0 unspecified atom stereocenters. The molecule has 0 nitrogen and oxygen atoms in total. The first-order chi connectivity index (χ1) is 10.1. The van der Waals surface area contributed by atoms with E-state index in [9.17, 15) is 0 Å². The first-order valence-corrected chi connectivity index (χ1v) is 10.6. The van der Waals surface area contributed by atoms with Gasteiger partial charge in [-0.1, -0.05) is 107 Å². The van der Waals surface area contributed by atoms with Crippen molar-refractivity contribution in [1.29, 1.82) is 0 Å². The Bertz CT molecular complexity index is 549. The molecule has 0 heterocycles. The van der Waals surface area contributed by atoms with Crippen molar-refractivity contribution in [2.24, 2.45) is 0 Å². The SMILES string of the molecule is C[SiH](c1ccc(C(C)(C)C)cc1)c1ccc(C(C)(C)C)cc1. The summed E-state index contributed by atoms with van der Waals surface area (Å²) in [4.78, 5) is 0. The van der Waals surface area contributed by atoms with E-state index in [1.807, 2.05) is 0 Å². The predicted molar refractivity (Wildman–Crippen MR) is 103 cm³/mol. The highest BCUT2D eigenvalue weighted by Crippen LogP contribution is 2.22. The number of rotatable bonds is 2. The largest absolute Gasteiger partial charge is 0.0997 e. The lowest BCUT2D eigenvalue weighted by Gasteiger charge is -2.21. The Morgan fingerprint density at radius 1 is 0.545 bits per heavy atom. The van der Waals surface area contributed by atoms with E-state index in [2.05, 4.69) is 96.6 Å². The number of benzene rings is 2. The maximum Gasteiger partial charge on any atom is 0.0997 e. The Morgan fingerprint density at radius 2 is 0.818 bits per heavy atom. The molecule has 1 heteroatoms. The smallest absolute Gasteiger partial charge is 0.0642 e. The summed E-state index contributed by atoms with van der Waals surface area (Å²) in [7, 11) is -1.07. The van der Waals surface area contributed by atoms with E-state index in [-0.39, 0.29) is 10.8 Å². The molecule has 0 fully saturated rings. The topological polar surface area (TPSA) is 0 Å². The van der Waals surface area contributed by atoms with Crippen LogP contribution in [0, 0.1) is 0 Å². The summed E-state index contributed by atoms with van der Waals surface area (Å²) >= 11 is 0. The normalized spacial score (nSPS) is 12.7. The maximum absolute atomic E-state index is 2.43. The van der Waals surface area contributed by atoms with Gasteiger partial charge in [-0.05, 0) is 22.0 Å². The molecule has 2 aromatic carbocycles. The predicted octanol–water partition coefficient (Wildman–Crippen LogP) is 4.25. The van der Waals surface area contributed by atoms with Crippen molar-refractivity contribution in [3.05, 3.63) is 59.7 Å². The first-order valence-electron chi connectivity index (χ1n) is 8.30. The van der Waals surface area contributed by atoms with Gasteiger partial charge in [-0.25, -0.2) is 0 Å². The Labute approximate surface area is 138 Å². The molecule has 118 valence electrons. The van der Waals surface area contributed by atoms with Gasteiger partial charge in [0.1, 0.15) is 0 Å². The number of hydrogen-bond acceptors (Lipinski definition) is 0. The molecule has 0 saturated heterocycles. The van der Waals surface area contributed by atoms with E-state index < -0.39 is 8.80 Å². The van der Waals surface area contributed by atoms with E-state index in [4.69, 9.17) is 0 Å². The van der Waals surface area contributed by atoms with Gasteiger partial charge in [0.2, 0.25) is 0 Å². The second-order valence-corrected chi connectivity index (χ2v) is 11.2. The Balaban J connectivity index is 2.23. The molecule has 0 aliphatic heterocycles. The average Bonchev–Trinajstić information content (AvgIpc) is 2.45. The summed E-state index contributed by atoms with van der Waals surface area (Å²) in [6.07, 6.45) is 0. The highest BCUT2D eigenvalue weighted by atomic mass is 28.3. The third-order valence-corrected chi connectivity index (χ3v) is 7.32. The van der Waals surface area contributed by atoms with Crippen LogP contribution in [0.15, 0.2) is 48.5 Å². The second kappa shape index (κ2) is 6.04. The van der Waals surface area contributed by atoms with Crippen LogP contribution in [0.1, 0.15) is 52.7 Å². The molecule has 0 amide bonds. The molecule has 0 radical (unpaired) electrons. The third-order valence-electron chi connectivity index (χ3n) is 4.55. The van der Waals surface area contributed by atoms with Crippen molar-refractivity contribution >= 4 is 19.2 Å². The molecule has 0 bridgehead atoms. The zero-order chi connectivity index (χ0) is 16.5. The minimum atomic E-state index is -1.07. The van der Waals surface area contributed by atoms with Crippen molar-refractivity contribution in [3.63, 3.8) is 0 Å². The van der Waals surface area contributed by atoms with Gasteiger partial charge in [-0.2, -0.15) is 0 Å². The lowest BCUT2D eigenvalue weighted by Crippen LogP contribution is -2.39. The standard InChI is InChI=1S/C21H30Si/c1-20(2,3)16-8-12-18(13-9-16)22(7)19-14-10-17(11-15-19)21(4,5)6/h8-15,22H,1-7H3. The van der Waals surface area contributed by atoms with Gasteiger partial charge in [0.15, 0.2) is 0 Å². The quantitative estimate of drug-likeness (QED) is 0.727. The second-order valence-electron chi connectivity index (χ2n) is 8.47. The fourth-order valence-electron chi connectivity index (χ4n) is 2.74. The molecule has 0 aliphatic rings. The molecule has 2 rings (SSSR count). The molecule has 0 N–H and O–H groups in total. The summed E-state index contributed by atoms with van der Waals surface area (Å²) in [6, 6.07) is 18.6. The highest BCUT2D eigenvalue weighted by Gasteiger charge is 2.17. The molecule has 0 atom stereocenters. The molecule has 0 spiro atoms. The van der Waals surface area contributed by atoms with Crippen LogP contribution >= 0.6 is 0 Å². The van der Waals surface area contributed by atoms with Gasteiger partial charge in [-0.3, -0.25) is 0 Å². The van der Waals surface area contributed by atoms with Crippen molar-refractivity contribution in [1.82, 2.24) is 0 Å². The van der Waals surface area contributed by atoms with Crippen molar-refractivity contribution in [2.75, 3.05) is 0 Å². The summed E-state index contributed by atoms with van der Waals surface area (Å²) in [5.41, 5.74) is 3.30. The molecule has 0 saturated carbocycles. The molecule has 2 aromatic rings.